The standard InChI is InChI=1S/C21H19ClN4O2S/c22-16-6-4-5-15(13-16)21(28)26-11-9-14(10-12-26)19-24-25-20(29-19)18(27)23-17-7-2-1-3-8-17/h1-8,13-14H,9-12H2,(H,23,27). The molecule has 0 aliphatic carbocycles. The van der Waals surface area contributed by atoms with Gasteiger partial charge in [-0.3, -0.25) is 9.59 Å². The molecule has 0 unspecified atom stereocenters. The Kier molecular flexibility index (Phi) is 5.87. The minimum absolute atomic E-state index is 0.00820. The van der Waals surface area contributed by atoms with E-state index in [1.165, 1.54) is 11.3 Å². The summed E-state index contributed by atoms with van der Waals surface area (Å²) in [6.07, 6.45) is 1.59. The van der Waals surface area contributed by atoms with Crippen LogP contribution in [0.3, 0.4) is 0 Å². The van der Waals surface area contributed by atoms with Gasteiger partial charge in [0.25, 0.3) is 11.8 Å². The molecular formula is C21H19ClN4O2S. The molecule has 8 heteroatoms. The number of hydrogen-bond donors (Lipinski definition) is 1. The van der Waals surface area contributed by atoms with Gasteiger partial charge in [-0.05, 0) is 43.2 Å². The molecule has 148 valence electrons. The molecule has 0 spiro atoms. The number of nitrogens with zero attached hydrogens (tertiary/aromatic N) is 3. The molecule has 1 aromatic heterocycles. The van der Waals surface area contributed by atoms with Gasteiger partial charge >= 0.3 is 0 Å². The third kappa shape index (κ3) is 4.63. The van der Waals surface area contributed by atoms with Crippen molar-refractivity contribution in [2.24, 2.45) is 0 Å². The number of rotatable bonds is 4. The van der Waals surface area contributed by atoms with Gasteiger partial charge in [0.15, 0.2) is 0 Å². The van der Waals surface area contributed by atoms with Crippen LogP contribution in [0.25, 0.3) is 0 Å². The third-order valence-corrected chi connectivity index (χ3v) is 6.19. The minimum atomic E-state index is -0.256. The molecular weight excluding hydrogens is 408 g/mol. The Morgan fingerprint density at radius 2 is 1.79 bits per heavy atom. The Hall–Kier alpha value is -2.77. The molecule has 0 atom stereocenters. The maximum Gasteiger partial charge on any atom is 0.286 e. The maximum absolute atomic E-state index is 12.7. The average molecular weight is 427 g/mol. The fraction of sp³-hybridized carbons (Fsp3) is 0.238. The number of anilines is 1. The number of carbonyl (C=O) groups is 2. The number of carbonyl (C=O) groups excluding carboxylic acids is 2. The lowest BCUT2D eigenvalue weighted by atomic mass is 9.97. The van der Waals surface area contributed by atoms with Crippen molar-refractivity contribution in [1.82, 2.24) is 15.1 Å². The van der Waals surface area contributed by atoms with Crippen LogP contribution in [0.5, 0.6) is 0 Å². The van der Waals surface area contributed by atoms with Gasteiger partial charge in [0.05, 0.1) is 0 Å². The highest BCUT2D eigenvalue weighted by Crippen LogP contribution is 2.31. The first kappa shape index (κ1) is 19.5. The lowest BCUT2D eigenvalue weighted by Crippen LogP contribution is -2.37. The van der Waals surface area contributed by atoms with Gasteiger partial charge in [0, 0.05) is 35.3 Å². The van der Waals surface area contributed by atoms with Gasteiger partial charge in [-0.15, -0.1) is 10.2 Å². The summed E-state index contributed by atoms with van der Waals surface area (Å²) < 4.78 is 0. The van der Waals surface area contributed by atoms with Crippen LogP contribution < -0.4 is 5.32 Å². The van der Waals surface area contributed by atoms with Crippen molar-refractivity contribution in [3.05, 3.63) is 75.2 Å². The van der Waals surface area contributed by atoms with Crippen LogP contribution in [0.15, 0.2) is 54.6 Å². The van der Waals surface area contributed by atoms with Crippen LogP contribution in [0.2, 0.25) is 5.02 Å². The van der Waals surface area contributed by atoms with E-state index >= 15 is 0 Å². The van der Waals surface area contributed by atoms with Crippen LogP contribution >= 0.6 is 22.9 Å². The molecule has 4 rings (SSSR count). The smallest absolute Gasteiger partial charge is 0.286 e. The second-order valence-corrected chi connectivity index (χ2v) is 8.29. The molecule has 3 aromatic rings. The first-order valence-electron chi connectivity index (χ1n) is 9.35. The van der Waals surface area contributed by atoms with Gasteiger partial charge in [-0.2, -0.15) is 0 Å². The maximum atomic E-state index is 12.7. The van der Waals surface area contributed by atoms with Crippen molar-refractivity contribution < 1.29 is 9.59 Å². The predicted octanol–water partition coefficient (Wildman–Crippen LogP) is 4.46. The van der Waals surface area contributed by atoms with Crippen molar-refractivity contribution in [1.29, 1.82) is 0 Å². The van der Waals surface area contributed by atoms with E-state index < -0.39 is 0 Å². The highest BCUT2D eigenvalue weighted by Gasteiger charge is 2.27. The summed E-state index contributed by atoms with van der Waals surface area (Å²) in [6.45, 7) is 1.28. The SMILES string of the molecule is O=C(Nc1ccccc1)c1nnc(C2CCN(C(=O)c3cccc(Cl)c3)CC2)s1. The second-order valence-electron chi connectivity index (χ2n) is 6.84. The molecule has 2 aromatic carbocycles. The number of para-hydroxylation sites is 1. The molecule has 1 saturated heterocycles. The fourth-order valence-electron chi connectivity index (χ4n) is 3.33. The molecule has 1 N–H and O–H groups in total. The molecule has 0 bridgehead atoms. The van der Waals surface area contributed by atoms with E-state index in [1.54, 1.807) is 24.3 Å². The highest BCUT2D eigenvalue weighted by molar-refractivity contribution is 7.13. The summed E-state index contributed by atoms with van der Waals surface area (Å²) in [5.41, 5.74) is 1.33. The first-order chi connectivity index (χ1) is 14.1. The van der Waals surface area contributed by atoms with Crippen molar-refractivity contribution in [3.8, 4) is 0 Å². The van der Waals surface area contributed by atoms with E-state index in [0.717, 1.165) is 23.5 Å². The Bertz CT molecular complexity index is 1020. The average Bonchev–Trinajstić information content (AvgIpc) is 3.25. The molecule has 2 amide bonds. The number of halogens is 1. The lowest BCUT2D eigenvalue weighted by Gasteiger charge is -2.31. The number of amides is 2. The van der Waals surface area contributed by atoms with E-state index in [9.17, 15) is 9.59 Å². The van der Waals surface area contributed by atoms with Gasteiger partial charge in [0.2, 0.25) is 5.01 Å². The van der Waals surface area contributed by atoms with Crippen LogP contribution in [0, 0.1) is 0 Å². The Morgan fingerprint density at radius 1 is 1.03 bits per heavy atom. The summed E-state index contributed by atoms with van der Waals surface area (Å²) in [4.78, 5) is 26.9. The fourth-order valence-corrected chi connectivity index (χ4v) is 4.43. The zero-order valence-electron chi connectivity index (χ0n) is 15.5. The van der Waals surface area contributed by atoms with Crippen LogP contribution in [-0.4, -0.2) is 40.0 Å². The van der Waals surface area contributed by atoms with Crippen LogP contribution in [-0.2, 0) is 0 Å². The van der Waals surface area contributed by atoms with Crippen molar-refractivity contribution in [2.75, 3.05) is 18.4 Å². The molecule has 0 saturated carbocycles. The van der Waals surface area contributed by atoms with Gasteiger partial charge < -0.3 is 10.2 Å². The summed E-state index contributed by atoms with van der Waals surface area (Å²) in [7, 11) is 0. The second kappa shape index (κ2) is 8.71. The third-order valence-electron chi connectivity index (χ3n) is 4.87. The van der Waals surface area contributed by atoms with Crippen molar-refractivity contribution in [3.63, 3.8) is 0 Å². The molecule has 1 aliphatic rings. The zero-order valence-corrected chi connectivity index (χ0v) is 17.1. The molecule has 6 nitrogen and oxygen atoms in total. The number of piperidine rings is 1. The highest BCUT2D eigenvalue weighted by atomic mass is 35.5. The summed E-state index contributed by atoms with van der Waals surface area (Å²) in [6, 6.07) is 16.3. The molecule has 0 radical (unpaired) electrons. The Labute approximate surface area is 177 Å². The minimum Gasteiger partial charge on any atom is -0.339 e. The summed E-state index contributed by atoms with van der Waals surface area (Å²) >= 11 is 7.31. The van der Waals surface area contributed by atoms with Crippen molar-refractivity contribution >= 4 is 40.4 Å². The predicted molar refractivity (Wildman–Crippen MR) is 114 cm³/mol. The number of hydrogen-bond acceptors (Lipinski definition) is 5. The van der Waals surface area contributed by atoms with Gasteiger partial charge in [0.1, 0.15) is 5.01 Å². The van der Waals surface area contributed by atoms with Crippen LogP contribution in [0.4, 0.5) is 5.69 Å². The van der Waals surface area contributed by atoms with E-state index in [1.807, 2.05) is 35.2 Å². The quantitative estimate of drug-likeness (QED) is 0.668. The largest absolute Gasteiger partial charge is 0.339 e. The Morgan fingerprint density at radius 3 is 2.52 bits per heavy atom. The zero-order chi connectivity index (χ0) is 20.2. The lowest BCUT2D eigenvalue weighted by molar-refractivity contribution is 0.0712. The molecule has 2 heterocycles. The van der Waals surface area contributed by atoms with E-state index in [0.29, 0.717) is 28.7 Å². The number of likely N-dealkylation sites (tertiary alicyclic amines) is 1. The number of nitrogens with one attached hydrogen (secondary N) is 1. The van der Waals surface area contributed by atoms with Gasteiger partial charge in [-0.25, -0.2) is 0 Å². The Balaban J connectivity index is 1.35. The number of benzene rings is 2. The van der Waals surface area contributed by atoms with E-state index in [-0.39, 0.29) is 17.7 Å². The summed E-state index contributed by atoms with van der Waals surface area (Å²) in [5.74, 6) is -0.0613. The van der Waals surface area contributed by atoms with E-state index in [4.69, 9.17) is 11.6 Å². The van der Waals surface area contributed by atoms with Crippen molar-refractivity contribution in [2.45, 2.75) is 18.8 Å². The topological polar surface area (TPSA) is 75.2 Å². The monoisotopic (exact) mass is 426 g/mol. The first-order valence-corrected chi connectivity index (χ1v) is 10.5. The molecule has 1 aliphatic heterocycles. The number of aromatic nitrogens is 2. The molecule has 29 heavy (non-hydrogen) atoms. The normalized spacial score (nSPS) is 14.6. The van der Waals surface area contributed by atoms with Crippen LogP contribution in [0.1, 0.15) is 43.9 Å². The van der Waals surface area contributed by atoms with Gasteiger partial charge in [-0.1, -0.05) is 47.2 Å². The molecule has 1 fully saturated rings. The van der Waals surface area contributed by atoms with E-state index in [2.05, 4.69) is 15.5 Å². The summed E-state index contributed by atoms with van der Waals surface area (Å²) in [5, 5.41) is 12.9.